The van der Waals surface area contributed by atoms with Gasteiger partial charge in [0.15, 0.2) is 5.60 Å². The second-order valence-corrected chi connectivity index (χ2v) is 20.5. The van der Waals surface area contributed by atoms with Crippen molar-refractivity contribution < 1.29 is 28.9 Å². The van der Waals surface area contributed by atoms with Crippen molar-refractivity contribution in [2.75, 3.05) is 32.3 Å². The molecule has 1 N–H and O–H groups in total. The molecule has 9 heteroatoms. The van der Waals surface area contributed by atoms with Gasteiger partial charge in [-0.15, -0.1) is 0 Å². The van der Waals surface area contributed by atoms with Crippen LogP contribution in [0.1, 0.15) is 63.6 Å². The molecule has 8 nitrogen and oxygen atoms in total. The predicted molar refractivity (Wildman–Crippen MR) is 214 cm³/mol. The lowest BCUT2D eigenvalue weighted by atomic mass is 9.82. The van der Waals surface area contributed by atoms with Crippen molar-refractivity contribution in [1.82, 2.24) is 4.90 Å². The molecule has 6 rings (SSSR count). The molecule has 0 aliphatic carbocycles. The van der Waals surface area contributed by atoms with Gasteiger partial charge >= 0.3 is 0 Å². The number of amides is 2. The fourth-order valence-corrected chi connectivity index (χ4v) is 13.1. The van der Waals surface area contributed by atoms with E-state index in [1.54, 1.807) is 14.2 Å². The first-order valence-corrected chi connectivity index (χ1v) is 22.0. The summed E-state index contributed by atoms with van der Waals surface area (Å²) in [4.78, 5) is 33.4. The summed E-state index contributed by atoms with van der Waals surface area (Å²) in [6, 6.07) is 21.9. The van der Waals surface area contributed by atoms with Gasteiger partial charge in [-0.3, -0.25) is 9.59 Å². The lowest BCUT2D eigenvalue weighted by Gasteiger charge is -2.39. The van der Waals surface area contributed by atoms with Crippen LogP contribution in [-0.2, 0) is 32.9 Å². The van der Waals surface area contributed by atoms with Crippen LogP contribution in [0.5, 0.6) is 11.5 Å². The Hall–Kier alpha value is -4.18. The third-order valence-electron chi connectivity index (χ3n) is 12.0. The molecule has 1 saturated heterocycles. The molecule has 53 heavy (non-hydrogen) atoms. The van der Waals surface area contributed by atoms with Crippen molar-refractivity contribution in [2.45, 2.75) is 96.3 Å². The van der Waals surface area contributed by atoms with E-state index in [0.717, 1.165) is 41.0 Å². The molecule has 3 aromatic rings. The monoisotopic (exact) mass is 736 g/mol. The number of fused-ring (bicyclic) bond motifs is 3. The number of allylic oxidation sites excluding steroid dienone is 3. The highest BCUT2D eigenvalue weighted by molar-refractivity contribution is 6.91. The van der Waals surface area contributed by atoms with E-state index in [0.29, 0.717) is 25.3 Å². The number of carbonyl (C=O) groups is 2. The van der Waals surface area contributed by atoms with Crippen LogP contribution in [0.2, 0.25) is 18.6 Å². The Bertz CT molecular complexity index is 1880. The number of methoxy groups -OCH3 is 2. The Kier molecular flexibility index (Phi) is 11.4. The van der Waals surface area contributed by atoms with Crippen LogP contribution < -0.4 is 19.6 Å². The maximum absolute atomic E-state index is 15.2. The molecule has 2 amide bonds. The molecule has 3 aromatic carbocycles. The number of benzene rings is 3. The number of rotatable bonds is 12. The molecular formula is C44H56N2O6Si. The number of hydrogen-bond donors (Lipinski definition) is 1. The molecule has 3 aliphatic rings. The number of hydrogen-bond acceptors (Lipinski definition) is 6. The Morgan fingerprint density at radius 3 is 2.32 bits per heavy atom. The summed E-state index contributed by atoms with van der Waals surface area (Å²) in [7, 11) is 0.825. The molecule has 3 aliphatic heterocycles. The van der Waals surface area contributed by atoms with E-state index in [4.69, 9.17) is 14.2 Å². The van der Waals surface area contributed by atoms with E-state index < -0.39 is 19.8 Å². The van der Waals surface area contributed by atoms with Crippen LogP contribution in [0.15, 0.2) is 90.0 Å². The van der Waals surface area contributed by atoms with Crippen LogP contribution in [0.25, 0.3) is 0 Å². The number of carbonyl (C=O) groups excluding carboxylic acids is 2. The molecule has 5 atom stereocenters. The molecule has 0 radical (unpaired) electrons. The maximum atomic E-state index is 15.2. The Labute approximate surface area is 316 Å². The zero-order valence-corrected chi connectivity index (χ0v) is 33.6. The highest BCUT2D eigenvalue weighted by Gasteiger charge is 2.66. The topological polar surface area (TPSA) is 88.5 Å². The summed E-state index contributed by atoms with van der Waals surface area (Å²) in [5.74, 6) is 1.01. The minimum atomic E-state index is -2.48. The largest absolute Gasteiger partial charge is 0.497 e. The first-order chi connectivity index (χ1) is 25.3. The molecule has 0 unspecified atom stereocenters. The van der Waals surface area contributed by atoms with Gasteiger partial charge in [-0.1, -0.05) is 84.9 Å². The fraction of sp³-hybridized carbons (Fsp3) is 0.455. The van der Waals surface area contributed by atoms with Crippen molar-refractivity contribution in [3.8, 4) is 11.5 Å². The molecule has 1 fully saturated rings. The summed E-state index contributed by atoms with van der Waals surface area (Å²) in [6.07, 6.45) is 6.44. The second kappa shape index (κ2) is 15.7. The van der Waals surface area contributed by atoms with Gasteiger partial charge in [-0.2, -0.15) is 0 Å². The number of aliphatic hydroxyl groups is 1. The quantitative estimate of drug-likeness (QED) is 0.155. The van der Waals surface area contributed by atoms with Crippen LogP contribution in [0.3, 0.4) is 0 Å². The molecule has 0 saturated carbocycles. The average molecular weight is 737 g/mol. The summed E-state index contributed by atoms with van der Waals surface area (Å²) < 4.78 is 18.5. The first-order valence-electron chi connectivity index (χ1n) is 18.9. The van der Waals surface area contributed by atoms with Crippen LogP contribution in [0.4, 0.5) is 5.69 Å². The molecule has 0 aromatic heterocycles. The van der Waals surface area contributed by atoms with Crippen molar-refractivity contribution >= 4 is 30.8 Å². The van der Waals surface area contributed by atoms with E-state index in [9.17, 15) is 9.90 Å². The molecular weight excluding hydrogens is 681 g/mol. The standard InChI is InChI=1S/C44H56N2O6Si/c1-29(2)12-11-13-30(3)22-23-45-39-21-18-36(51-6)25-38(39)44(43(45)49)31(4)42(53(7,8)37-19-16-35(50-5)17-20-37)40(52-44)26-41(48)46-27-33-15-10-9-14-32(33)24-34(46)28-47/h9-10,12,14-22,25,31,34,40,42,47H,11,13,23-24,26-28H2,1-8H3/b30-22+/t31-,34-,40+,42-,44+/m0/s1. The minimum Gasteiger partial charge on any atom is -0.497 e. The predicted octanol–water partition coefficient (Wildman–Crippen LogP) is 7.30. The summed E-state index contributed by atoms with van der Waals surface area (Å²) >= 11 is 0. The van der Waals surface area contributed by atoms with Crippen molar-refractivity contribution in [2.24, 2.45) is 5.92 Å². The smallest absolute Gasteiger partial charge is 0.264 e. The van der Waals surface area contributed by atoms with E-state index in [2.05, 4.69) is 77.2 Å². The van der Waals surface area contributed by atoms with Crippen LogP contribution in [-0.4, -0.2) is 69.4 Å². The number of anilines is 1. The number of ether oxygens (including phenoxy) is 3. The zero-order valence-electron chi connectivity index (χ0n) is 32.6. The van der Waals surface area contributed by atoms with Gasteiger partial charge in [0.25, 0.3) is 5.91 Å². The Morgan fingerprint density at radius 1 is 0.981 bits per heavy atom. The summed E-state index contributed by atoms with van der Waals surface area (Å²) in [6.45, 7) is 13.9. The molecule has 0 bridgehead atoms. The number of nitrogens with zero attached hydrogens (tertiary/aromatic N) is 2. The molecule has 1 spiro atoms. The highest BCUT2D eigenvalue weighted by Crippen LogP contribution is 2.60. The minimum absolute atomic E-state index is 0.0691. The first kappa shape index (κ1) is 38.5. The van der Waals surface area contributed by atoms with Gasteiger partial charge in [-0.05, 0) is 87.0 Å². The number of aliphatic hydroxyl groups excluding tert-OH is 1. The Balaban J connectivity index is 1.41. The van der Waals surface area contributed by atoms with E-state index >= 15 is 4.79 Å². The van der Waals surface area contributed by atoms with E-state index in [1.807, 2.05) is 52.3 Å². The summed E-state index contributed by atoms with van der Waals surface area (Å²) in [5.41, 5.74) is 4.99. The average Bonchev–Trinajstić information content (AvgIpc) is 3.58. The Morgan fingerprint density at radius 2 is 1.66 bits per heavy atom. The maximum Gasteiger partial charge on any atom is 0.264 e. The third-order valence-corrected chi connectivity index (χ3v) is 16.4. The van der Waals surface area contributed by atoms with Gasteiger partial charge in [0.05, 0.1) is 53.2 Å². The SMILES string of the molecule is COc1ccc([Si](C)(C)[C@@H]2[C@@H](CC(=O)N3Cc4ccccc4C[C@H]3CO)O[C@]3(C(=O)N(C/C=C(\C)CCC=C(C)C)c4ccc(OC)cc43)[C@H]2C)cc1. The fourth-order valence-electron chi connectivity index (χ4n) is 9.07. The molecule has 282 valence electrons. The normalized spacial score (nSPS) is 23.9. The van der Waals surface area contributed by atoms with Gasteiger partial charge in [-0.25, -0.2) is 0 Å². The van der Waals surface area contributed by atoms with Crippen molar-refractivity contribution in [3.63, 3.8) is 0 Å². The lowest BCUT2D eigenvalue weighted by molar-refractivity contribution is -0.150. The van der Waals surface area contributed by atoms with Crippen LogP contribution >= 0.6 is 0 Å². The van der Waals surface area contributed by atoms with E-state index in [1.165, 1.54) is 16.3 Å². The van der Waals surface area contributed by atoms with Crippen molar-refractivity contribution in [3.05, 3.63) is 107 Å². The lowest BCUT2D eigenvalue weighted by Crippen LogP contribution is -2.52. The molecule has 3 heterocycles. The van der Waals surface area contributed by atoms with Crippen molar-refractivity contribution in [1.29, 1.82) is 0 Å². The highest BCUT2D eigenvalue weighted by atomic mass is 28.3. The third kappa shape index (κ3) is 7.23. The van der Waals surface area contributed by atoms with Gasteiger partial charge in [0, 0.05) is 24.6 Å². The van der Waals surface area contributed by atoms with Gasteiger partial charge in [0.1, 0.15) is 11.5 Å². The van der Waals surface area contributed by atoms with Gasteiger partial charge in [0.2, 0.25) is 5.91 Å². The van der Waals surface area contributed by atoms with E-state index in [-0.39, 0.29) is 42.3 Å². The van der Waals surface area contributed by atoms with Gasteiger partial charge < -0.3 is 29.1 Å². The zero-order chi connectivity index (χ0) is 38.1. The van der Waals surface area contributed by atoms with Crippen LogP contribution in [0, 0.1) is 5.92 Å². The second-order valence-electron chi connectivity index (χ2n) is 15.9. The summed E-state index contributed by atoms with van der Waals surface area (Å²) in [5, 5.41) is 11.7.